The van der Waals surface area contributed by atoms with E-state index in [9.17, 15) is 4.79 Å². The first-order valence-electron chi connectivity index (χ1n) is 6.16. The zero-order valence-corrected chi connectivity index (χ0v) is 10.9. The molecule has 2 N–H and O–H groups in total. The van der Waals surface area contributed by atoms with Gasteiger partial charge in [-0.25, -0.2) is 4.79 Å². The molecule has 2 aromatic carbocycles. The van der Waals surface area contributed by atoms with Gasteiger partial charge < -0.3 is 15.2 Å². The van der Waals surface area contributed by atoms with Crippen LogP contribution < -0.4 is 5.73 Å². The fraction of sp³-hybridized carbons (Fsp3) is 0.267. The van der Waals surface area contributed by atoms with Crippen LogP contribution >= 0.6 is 0 Å². The number of nitrogens with two attached hydrogens (primary N) is 1. The van der Waals surface area contributed by atoms with Gasteiger partial charge in [0.15, 0.2) is 0 Å². The highest BCUT2D eigenvalue weighted by Crippen LogP contribution is 2.22. The summed E-state index contributed by atoms with van der Waals surface area (Å²) in [5.41, 5.74) is 6.75. The highest BCUT2D eigenvalue weighted by molar-refractivity contribution is 6.01. The fourth-order valence-electron chi connectivity index (χ4n) is 1.88. The number of anilines is 1. The van der Waals surface area contributed by atoms with Gasteiger partial charge in [0.05, 0.1) is 12.2 Å². The summed E-state index contributed by atoms with van der Waals surface area (Å²) in [4.78, 5) is 11.9. The molecule has 0 saturated carbocycles. The summed E-state index contributed by atoms with van der Waals surface area (Å²) in [6, 6.07) is 11.3. The number of benzene rings is 2. The third-order valence-corrected chi connectivity index (χ3v) is 2.86. The molecule has 4 heteroatoms. The second kappa shape index (κ2) is 6.20. The van der Waals surface area contributed by atoms with Crippen molar-refractivity contribution in [2.24, 2.45) is 0 Å². The Kier molecular flexibility index (Phi) is 4.36. The van der Waals surface area contributed by atoms with E-state index in [1.165, 1.54) is 0 Å². The highest BCUT2D eigenvalue weighted by atomic mass is 16.5. The zero-order valence-electron chi connectivity index (χ0n) is 10.9. The Labute approximate surface area is 112 Å². The quantitative estimate of drug-likeness (QED) is 0.509. The number of fused-ring (bicyclic) bond motifs is 1. The van der Waals surface area contributed by atoms with Crippen molar-refractivity contribution in [3.8, 4) is 0 Å². The standard InChI is InChI=1S/C15H17NO3/c1-18-7-4-8-19-15(17)13-9-11-5-2-3-6-12(11)10-14(13)16/h2-3,5-6,9-10H,4,7-8,16H2,1H3. The maximum Gasteiger partial charge on any atom is 0.340 e. The zero-order chi connectivity index (χ0) is 13.7. The van der Waals surface area contributed by atoms with Crippen molar-refractivity contribution in [2.75, 3.05) is 26.1 Å². The van der Waals surface area contributed by atoms with Gasteiger partial charge in [-0.05, 0) is 22.9 Å². The molecule has 0 bridgehead atoms. The van der Waals surface area contributed by atoms with Crippen molar-refractivity contribution < 1.29 is 14.3 Å². The molecule has 0 fully saturated rings. The van der Waals surface area contributed by atoms with Crippen molar-refractivity contribution in [2.45, 2.75) is 6.42 Å². The summed E-state index contributed by atoms with van der Waals surface area (Å²) < 4.78 is 10.1. The van der Waals surface area contributed by atoms with E-state index in [1.54, 1.807) is 19.2 Å². The number of esters is 1. The Morgan fingerprint density at radius 1 is 1.16 bits per heavy atom. The molecule has 0 amide bonds. The second-order valence-electron chi connectivity index (χ2n) is 4.27. The van der Waals surface area contributed by atoms with E-state index in [4.69, 9.17) is 15.2 Å². The van der Waals surface area contributed by atoms with Crippen LogP contribution in [-0.2, 0) is 9.47 Å². The molecule has 4 nitrogen and oxygen atoms in total. The Bertz CT molecular complexity index is 581. The molecule has 0 heterocycles. The van der Waals surface area contributed by atoms with Crippen LogP contribution in [-0.4, -0.2) is 26.3 Å². The van der Waals surface area contributed by atoms with Gasteiger partial charge in [-0.1, -0.05) is 24.3 Å². The number of carbonyl (C=O) groups excluding carboxylic acids is 1. The highest BCUT2D eigenvalue weighted by Gasteiger charge is 2.12. The Balaban J connectivity index is 2.15. The maximum atomic E-state index is 11.9. The first-order chi connectivity index (χ1) is 9.22. The van der Waals surface area contributed by atoms with Crippen LogP contribution in [0.3, 0.4) is 0 Å². The molecule has 0 atom stereocenters. The molecule has 100 valence electrons. The minimum atomic E-state index is -0.389. The molecular weight excluding hydrogens is 242 g/mol. The SMILES string of the molecule is COCCCOC(=O)c1cc2ccccc2cc1N. The molecule has 19 heavy (non-hydrogen) atoms. The third-order valence-electron chi connectivity index (χ3n) is 2.86. The first kappa shape index (κ1) is 13.4. The summed E-state index contributed by atoms with van der Waals surface area (Å²) in [6.07, 6.45) is 0.676. The number of rotatable bonds is 5. The lowest BCUT2D eigenvalue weighted by molar-refractivity contribution is 0.0470. The van der Waals surface area contributed by atoms with Crippen molar-refractivity contribution in [3.63, 3.8) is 0 Å². The van der Waals surface area contributed by atoms with Gasteiger partial charge in [-0.2, -0.15) is 0 Å². The molecule has 2 aromatic rings. The Morgan fingerprint density at radius 2 is 1.84 bits per heavy atom. The first-order valence-corrected chi connectivity index (χ1v) is 6.16. The molecule has 2 rings (SSSR count). The maximum absolute atomic E-state index is 11.9. The van der Waals surface area contributed by atoms with Crippen molar-refractivity contribution >= 4 is 22.4 Å². The number of hydrogen-bond acceptors (Lipinski definition) is 4. The van der Waals surface area contributed by atoms with Gasteiger partial charge in [-0.3, -0.25) is 0 Å². The smallest absolute Gasteiger partial charge is 0.340 e. The normalized spacial score (nSPS) is 10.6. The average Bonchev–Trinajstić information content (AvgIpc) is 2.42. The summed E-state index contributed by atoms with van der Waals surface area (Å²) in [5, 5.41) is 1.98. The van der Waals surface area contributed by atoms with Crippen molar-refractivity contribution in [1.82, 2.24) is 0 Å². The van der Waals surface area contributed by atoms with E-state index in [2.05, 4.69) is 0 Å². The van der Waals surface area contributed by atoms with Crippen LogP contribution in [0.25, 0.3) is 10.8 Å². The van der Waals surface area contributed by atoms with Crippen LogP contribution in [0.5, 0.6) is 0 Å². The minimum absolute atomic E-state index is 0.332. The molecule has 0 unspecified atom stereocenters. The Morgan fingerprint density at radius 3 is 2.53 bits per heavy atom. The largest absolute Gasteiger partial charge is 0.462 e. The van der Waals surface area contributed by atoms with E-state index in [-0.39, 0.29) is 5.97 Å². The molecule has 0 aromatic heterocycles. The summed E-state index contributed by atoms with van der Waals surface area (Å²) in [6.45, 7) is 0.902. The minimum Gasteiger partial charge on any atom is -0.462 e. The van der Waals surface area contributed by atoms with Gasteiger partial charge in [0.2, 0.25) is 0 Å². The fourth-order valence-corrected chi connectivity index (χ4v) is 1.88. The van der Waals surface area contributed by atoms with E-state index in [0.717, 1.165) is 10.8 Å². The summed E-state index contributed by atoms with van der Waals surface area (Å²) in [7, 11) is 1.61. The van der Waals surface area contributed by atoms with Crippen molar-refractivity contribution in [1.29, 1.82) is 0 Å². The second-order valence-corrected chi connectivity index (χ2v) is 4.27. The lowest BCUT2D eigenvalue weighted by atomic mass is 10.1. The number of methoxy groups -OCH3 is 1. The molecular formula is C15H17NO3. The lowest BCUT2D eigenvalue weighted by Gasteiger charge is -2.08. The summed E-state index contributed by atoms with van der Waals surface area (Å²) >= 11 is 0. The van der Waals surface area contributed by atoms with Crippen LogP contribution in [0.4, 0.5) is 5.69 Å². The molecule has 0 spiro atoms. The van der Waals surface area contributed by atoms with Gasteiger partial charge in [0, 0.05) is 25.8 Å². The van der Waals surface area contributed by atoms with Crippen LogP contribution in [0, 0.1) is 0 Å². The molecule has 0 radical (unpaired) electrons. The summed E-state index contributed by atoms with van der Waals surface area (Å²) in [5.74, 6) is -0.389. The number of hydrogen-bond donors (Lipinski definition) is 1. The molecule has 0 aliphatic carbocycles. The molecule has 0 saturated heterocycles. The topological polar surface area (TPSA) is 61.5 Å². The van der Waals surface area contributed by atoms with E-state index >= 15 is 0 Å². The van der Waals surface area contributed by atoms with Crippen LogP contribution in [0.2, 0.25) is 0 Å². The molecule has 0 aliphatic heterocycles. The Hall–Kier alpha value is -2.07. The molecule has 0 aliphatic rings. The van der Waals surface area contributed by atoms with Gasteiger partial charge in [0.25, 0.3) is 0 Å². The average molecular weight is 259 g/mol. The van der Waals surface area contributed by atoms with Crippen LogP contribution in [0.1, 0.15) is 16.8 Å². The van der Waals surface area contributed by atoms with Crippen LogP contribution in [0.15, 0.2) is 36.4 Å². The number of carbonyl (C=O) groups is 1. The number of ether oxygens (including phenoxy) is 2. The van der Waals surface area contributed by atoms with E-state index in [1.807, 2.05) is 24.3 Å². The predicted octanol–water partition coefficient (Wildman–Crippen LogP) is 2.62. The third kappa shape index (κ3) is 3.23. The van der Waals surface area contributed by atoms with Gasteiger partial charge >= 0.3 is 5.97 Å². The van der Waals surface area contributed by atoms with Gasteiger partial charge in [0.1, 0.15) is 0 Å². The van der Waals surface area contributed by atoms with Crippen molar-refractivity contribution in [3.05, 3.63) is 42.0 Å². The predicted molar refractivity (Wildman–Crippen MR) is 75.1 cm³/mol. The van der Waals surface area contributed by atoms with Gasteiger partial charge in [-0.15, -0.1) is 0 Å². The van der Waals surface area contributed by atoms with E-state index in [0.29, 0.717) is 30.9 Å². The monoisotopic (exact) mass is 259 g/mol. The van der Waals surface area contributed by atoms with E-state index < -0.39 is 0 Å². The lowest BCUT2D eigenvalue weighted by Crippen LogP contribution is -2.10. The number of nitrogen functional groups attached to an aromatic ring is 1.